The van der Waals surface area contributed by atoms with Gasteiger partial charge >= 0.3 is 161 Å². The Morgan fingerprint density at radius 1 is 1.04 bits per heavy atom. The molecule has 28 heavy (non-hydrogen) atoms. The van der Waals surface area contributed by atoms with Crippen molar-refractivity contribution >= 4 is 7.91 Å². The molecule has 1 aromatic rings. The monoisotopic (exact) mass is 418 g/mol. The molecule has 1 atom stereocenters. The van der Waals surface area contributed by atoms with E-state index in [2.05, 4.69) is 11.4 Å². The first-order valence-electron chi connectivity index (χ1n) is 10.9. The summed E-state index contributed by atoms with van der Waals surface area (Å²) in [5, 5.41) is 0. The quantitative estimate of drug-likeness (QED) is 0.267. The van der Waals surface area contributed by atoms with Crippen molar-refractivity contribution in [2.75, 3.05) is 0 Å². The molecule has 6 heteroatoms. The Hall–Kier alpha value is -0.770. The van der Waals surface area contributed by atoms with Crippen LogP contribution in [0, 0.1) is 0 Å². The summed E-state index contributed by atoms with van der Waals surface area (Å²) >= 11 is 0. The standard InChI is InChI=1S/C22H37F2O3P/c1-3-4-5-6-7-8-9-12-18(2)21-17-20(19-13-10-11-14-19)15-16-22(21)27-28(23,24,25)26/h15-19,25-26H,3-14H2,1-2H3. The molecule has 1 aliphatic carbocycles. The molecule has 0 spiro atoms. The first-order chi connectivity index (χ1) is 13.2. The molecule has 0 radical (unpaired) electrons. The molecule has 1 fully saturated rings. The number of hydrogen-bond acceptors (Lipinski definition) is 3. The summed E-state index contributed by atoms with van der Waals surface area (Å²) in [5.74, 6) is 0.406. The minimum atomic E-state index is -7.05. The van der Waals surface area contributed by atoms with Gasteiger partial charge in [0.15, 0.2) is 0 Å². The third kappa shape index (κ3) is 8.31. The van der Waals surface area contributed by atoms with Gasteiger partial charge in [0, 0.05) is 0 Å². The number of unbranched alkanes of at least 4 members (excludes halogenated alkanes) is 6. The molecule has 1 aliphatic rings. The Morgan fingerprint density at radius 3 is 2.25 bits per heavy atom. The van der Waals surface area contributed by atoms with Gasteiger partial charge in [-0.05, 0) is 0 Å². The van der Waals surface area contributed by atoms with E-state index < -0.39 is 7.91 Å². The van der Waals surface area contributed by atoms with Crippen molar-refractivity contribution in [2.45, 2.75) is 103 Å². The van der Waals surface area contributed by atoms with Gasteiger partial charge in [0.1, 0.15) is 0 Å². The molecule has 2 N–H and O–H groups in total. The number of rotatable bonds is 12. The van der Waals surface area contributed by atoms with Crippen LogP contribution >= 0.6 is 7.91 Å². The van der Waals surface area contributed by atoms with Crippen LogP contribution in [0.2, 0.25) is 0 Å². The number of benzene rings is 1. The molecular formula is C22H37F2O3P. The van der Waals surface area contributed by atoms with E-state index in [0.717, 1.165) is 37.7 Å². The van der Waals surface area contributed by atoms with Crippen LogP contribution in [-0.4, -0.2) is 9.79 Å². The SMILES string of the molecule is CCCCCCCCCC(C)c1cc(C2CCCC2)ccc1OP(O)(O)(F)F. The van der Waals surface area contributed by atoms with Crippen LogP contribution in [0.15, 0.2) is 18.2 Å². The van der Waals surface area contributed by atoms with Crippen LogP contribution in [0.4, 0.5) is 8.39 Å². The second-order valence-corrected chi connectivity index (χ2v) is 10.1. The van der Waals surface area contributed by atoms with Gasteiger partial charge in [0.25, 0.3) is 0 Å². The van der Waals surface area contributed by atoms with Gasteiger partial charge in [-0.1, -0.05) is 6.92 Å². The van der Waals surface area contributed by atoms with Crippen LogP contribution in [0.25, 0.3) is 0 Å². The third-order valence-corrected chi connectivity index (χ3v) is 6.38. The van der Waals surface area contributed by atoms with Gasteiger partial charge in [0.2, 0.25) is 0 Å². The Kier molecular flexibility index (Phi) is 8.66. The van der Waals surface area contributed by atoms with Crippen LogP contribution < -0.4 is 4.52 Å². The molecule has 3 nitrogen and oxygen atoms in total. The van der Waals surface area contributed by atoms with E-state index in [-0.39, 0.29) is 11.7 Å². The second kappa shape index (κ2) is 10.3. The van der Waals surface area contributed by atoms with E-state index in [1.165, 1.54) is 51.0 Å². The van der Waals surface area contributed by atoms with Crippen LogP contribution in [0.3, 0.4) is 0 Å². The van der Waals surface area contributed by atoms with Gasteiger partial charge < -0.3 is 0 Å². The Bertz CT molecular complexity index is 600. The van der Waals surface area contributed by atoms with Crippen LogP contribution in [0.1, 0.15) is 114 Å². The van der Waals surface area contributed by atoms with Gasteiger partial charge in [-0.3, -0.25) is 0 Å². The predicted octanol–water partition coefficient (Wildman–Crippen LogP) is 8.02. The molecule has 1 unspecified atom stereocenters. The van der Waals surface area contributed by atoms with Crippen molar-refractivity contribution in [1.82, 2.24) is 0 Å². The maximum atomic E-state index is 13.4. The van der Waals surface area contributed by atoms with E-state index >= 15 is 0 Å². The number of halogens is 2. The Labute approximate surface area is 168 Å². The van der Waals surface area contributed by atoms with Gasteiger partial charge in [0.05, 0.1) is 0 Å². The molecule has 2 rings (SSSR count). The summed E-state index contributed by atoms with van der Waals surface area (Å²) in [6.07, 6.45) is 13.9. The molecule has 0 aromatic heterocycles. The van der Waals surface area contributed by atoms with Crippen molar-refractivity contribution in [3.63, 3.8) is 0 Å². The van der Waals surface area contributed by atoms with E-state index in [0.29, 0.717) is 11.5 Å². The molecule has 0 bridgehead atoms. The summed E-state index contributed by atoms with van der Waals surface area (Å²) < 4.78 is 31.3. The van der Waals surface area contributed by atoms with E-state index in [9.17, 15) is 8.39 Å². The molecule has 0 aliphatic heterocycles. The first kappa shape index (κ1) is 23.5. The second-order valence-electron chi connectivity index (χ2n) is 8.44. The zero-order valence-corrected chi connectivity index (χ0v) is 18.3. The average Bonchev–Trinajstić information content (AvgIpc) is 3.13. The normalized spacial score (nSPS) is 18.0. The molecule has 162 valence electrons. The Balaban J connectivity index is 2.03. The zero-order chi connectivity index (χ0) is 20.6. The summed E-state index contributed by atoms with van der Waals surface area (Å²) in [6.45, 7) is 4.22. The third-order valence-electron chi connectivity index (χ3n) is 5.88. The average molecular weight is 419 g/mol. The van der Waals surface area contributed by atoms with Crippen molar-refractivity contribution in [2.24, 2.45) is 0 Å². The summed E-state index contributed by atoms with van der Waals surface area (Å²) in [5.41, 5.74) is 1.82. The fraction of sp³-hybridized carbons (Fsp3) is 0.727. The van der Waals surface area contributed by atoms with Crippen LogP contribution in [0.5, 0.6) is 5.75 Å². The van der Waals surface area contributed by atoms with Crippen molar-refractivity contribution in [1.29, 1.82) is 0 Å². The van der Waals surface area contributed by atoms with Gasteiger partial charge in [-0.25, -0.2) is 0 Å². The van der Waals surface area contributed by atoms with E-state index in [1.54, 1.807) is 6.07 Å². The van der Waals surface area contributed by atoms with Gasteiger partial charge in [-0.15, -0.1) is 0 Å². The van der Waals surface area contributed by atoms with E-state index in [1.807, 2.05) is 13.0 Å². The predicted molar refractivity (Wildman–Crippen MR) is 113 cm³/mol. The number of hydrogen-bond donors (Lipinski definition) is 2. The van der Waals surface area contributed by atoms with Crippen molar-refractivity contribution in [3.05, 3.63) is 29.3 Å². The summed E-state index contributed by atoms with van der Waals surface area (Å²) in [6, 6.07) is 5.26. The molecule has 1 saturated carbocycles. The molecule has 0 heterocycles. The molecule has 1 aromatic carbocycles. The molecule has 0 amide bonds. The van der Waals surface area contributed by atoms with Crippen LogP contribution in [-0.2, 0) is 0 Å². The van der Waals surface area contributed by atoms with Crippen molar-refractivity contribution < 1.29 is 22.7 Å². The topological polar surface area (TPSA) is 49.7 Å². The Morgan fingerprint density at radius 2 is 1.64 bits per heavy atom. The summed E-state index contributed by atoms with van der Waals surface area (Å²) in [4.78, 5) is 17.9. The summed E-state index contributed by atoms with van der Waals surface area (Å²) in [7, 11) is -7.05. The fourth-order valence-electron chi connectivity index (χ4n) is 4.27. The van der Waals surface area contributed by atoms with Gasteiger partial charge in [-0.2, -0.15) is 0 Å². The minimum absolute atomic E-state index is 0.0329. The zero-order valence-electron chi connectivity index (χ0n) is 17.4. The van der Waals surface area contributed by atoms with Crippen molar-refractivity contribution in [3.8, 4) is 5.75 Å². The first-order valence-corrected chi connectivity index (χ1v) is 12.8. The van der Waals surface area contributed by atoms with E-state index in [4.69, 9.17) is 9.79 Å². The maximum absolute atomic E-state index is 13.4. The molecule has 0 saturated heterocycles. The molecular weight excluding hydrogens is 381 g/mol. The fourth-order valence-corrected chi connectivity index (χ4v) is 4.76.